The molecule has 61 valence electrons. The normalized spacial score (nSPS) is 10.5. The Bertz CT molecular complexity index is 175. The lowest BCUT2D eigenvalue weighted by atomic mass is 10.4. The number of carbonyl (C=O) groups excluding carboxylic acids is 2. The molecule has 0 saturated carbocycles. The molecule has 0 rings (SSSR count). The monoisotopic (exact) mass is 156 g/mol. The lowest BCUT2D eigenvalue weighted by Gasteiger charge is -1.97. The fourth-order valence-corrected chi connectivity index (χ4v) is 0.477. The molecular weight excluding hydrogens is 146 g/mol. The summed E-state index contributed by atoms with van der Waals surface area (Å²) >= 11 is 0. The molecule has 11 heavy (non-hydrogen) atoms. The van der Waals surface area contributed by atoms with E-state index in [1.54, 1.807) is 13.8 Å². The molecule has 0 aromatic heterocycles. The van der Waals surface area contributed by atoms with Crippen LogP contribution in [0.3, 0.4) is 0 Å². The second kappa shape index (κ2) is 5.46. The second-order valence-electron chi connectivity index (χ2n) is 1.81. The van der Waals surface area contributed by atoms with Crippen LogP contribution in [-0.4, -0.2) is 19.0 Å². The summed E-state index contributed by atoms with van der Waals surface area (Å²) in [4.78, 5) is 20.4. The standard InChI is InChI=1S/C7H10NO3/c1-3-11-7(10)4-6(2)8-5-9/h4H,3H2,1-2H3,(H,8,9). The maximum Gasteiger partial charge on any atom is 0.332 e. The third-order valence-electron chi connectivity index (χ3n) is 0.869. The summed E-state index contributed by atoms with van der Waals surface area (Å²) in [5, 5.41) is 2.19. The first-order valence-electron chi connectivity index (χ1n) is 3.19. The molecule has 0 fully saturated rings. The van der Waals surface area contributed by atoms with Gasteiger partial charge >= 0.3 is 12.4 Å². The first kappa shape index (κ1) is 9.68. The van der Waals surface area contributed by atoms with E-state index < -0.39 is 5.97 Å². The summed E-state index contributed by atoms with van der Waals surface area (Å²) in [6, 6.07) is 0. The fourth-order valence-electron chi connectivity index (χ4n) is 0.477. The lowest BCUT2D eigenvalue weighted by molar-refractivity contribution is -0.137. The predicted molar refractivity (Wildman–Crippen MR) is 39.2 cm³/mol. The molecule has 0 aromatic carbocycles. The molecule has 0 aromatic rings. The van der Waals surface area contributed by atoms with Crippen LogP contribution in [0.4, 0.5) is 0 Å². The number of nitrogens with one attached hydrogen (secondary N) is 1. The Hall–Kier alpha value is -1.32. The van der Waals surface area contributed by atoms with Gasteiger partial charge in [-0.15, -0.1) is 0 Å². The van der Waals surface area contributed by atoms with E-state index in [2.05, 4.69) is 10.1 Å². The Morgan fingerprint density at radius 3 is 2.82 bits per heavy atom. The molecule has 0 saturated heterocycles. The average molecular weight is 156 g/mol. The Kier molecular flexibility index (Phi) is 4.81. The second-order valence-corrected chi connectivity index (χ2v) is 1.81. The molecule has 0 heterocycles. The fraction of sp³-hybridized carbons (Fsp3) is 0.429. The average Bonchev–Trinajstić information content (AvgIpc) is 1.87. The van der Waals surface area contributed by atoms with Crippen molar-refractivity contribution < 1.29 is 14.3 Å². The van der Waals surface area contributed by atoms with Crippen LogP contribution in [0.15, 0.2) is 11.8 Å². The summed E-state index contributed by atoms with van der Waals surface area (Å²) in [7, 11) is 0. The molecule has 0 unspecified atom stereocenters. The highest BCUT2D eigenvalue weighted by atomic mass is 16.5. The van der Waals surface area contributed by atoms with Gasteiger partial charge in [-0.05, 0) is 13.8 Å². The highest BCUT2D eigenvalue weighted by Crippen LogP contribution is 1.87. The van der Waals surface area contributed by atoms with E-state index in [0.717, 1.165) is 0 Å². The number of amides is 1. The molecule has 1 N–H and O–H groups in total. The Morgan fingerprint density at radius 2 is 2.36 bits per heavy atom. The minimum absolute atomic E-state index is 0.327. The van der Waals surface area contributed by atoms with E-state index in [9.17, 15) is 9.59 Å². The van der Waals surface area contributed by atoms with Crippen LogP contribution in [0, 0.1) is 0 Å². The van der Waals surface area contributed by atoms with Crippen molar-refractivity contribution in [2.45, 2.75) is 13.8 Å². The highest BCUT2D eigenvalue weighted by molar-refractivity contribution is 5.83. The van der Waals surface area contributed by atoms with Gasteiger partial charge in [-0.2, -0.15) is 0 Å². The topological polar surface area (TPSA) is 55.4 Å². The minimum atomic E-state index is -0.465. The summed E-state index contributed by atoms with van der Waals surface area (Å²) in [5.74, 6) is -0.465. The third kappa shape index (κ3) is 5.14. The zero-order valence-corrected chi connectivity index (χ0v) is 6.51. The van der Waals surface area contributed by atoms with Crippen LogP contribution in [0.2, 0.25) is 0 Å². The Balaban J connectivity index is 3.85. The number of carbonyl (C=O) groups is 1. The zero-order valence-electron chi connectivity index (χ0n) is 6.51. The summed E-state index contributed by atoms with van der Waals surface area (Å²) < 4.78 is 4.57. The van der Waals surface area contributed by atoms with Gasteiger partial charge in [0, 0.05) is 11.8 Å². The van der Waals surface area contributed by atoms with Crippen LogP contribution in [0.1, 0.15) is 13.8 Å². The number of hydrogen-bond donors (Lipinski definition) is 1. The summed E-state index contributed by atoms with van der Waals surface area (Å²) in [6.45, 7) is 3.61. The lowest BCUT2D eigenvalue weighted by Crippen LogP contribution is -2.10. The first-order chi connectivity index (χ1) is 5.20. The van der Waals surface area contributed by atoms with Crippen molar-refractivity contribution in [2.24, 2.45) is 0 Å². The molecule has 0 spiro atoms. The molecule has 0 aliphatic rings. The van der Waals surface area contributed by atoms with E-state index in [4.69, 9.17) is 0 Å². The molecule has 4 heteroatoms. The van der Waals surface area contributed by atoms with Crippen LogP contribution in [0.5, 0.6) is 0 Å². The summed E-state index contributed by atoms with van der Waals surface area (Å²) in [6.07, 6.45) is 2.63. The van der Waals surface area contributed by atoms with E-state index in [1.165, 1.54) is 12.5 Å². The van der Waals surface area contributed by atoms with E-state index in [0.29, 0.717) is 12.3 Å². The van der Waals surface area contributed by atoms with Gasteiger partial charge in [0.05, 0.1) is 6.61 Å². The molecular formula is C7H10NO3. The van der Waals surface area contributed by atoms with Crippen LogP contribution >= 0.6 is 0 Å². The van der Waals surface area contributed by atoms with Crippen molar-refractivity contribution in [2.75, 3.05) is 6.61 Å². The van der Waals surface area contributed by atoms with Gasteiger partial charge in [0.15, 0.2) is 0 Å². The molecule has 0 aliphatic heterocycles. The number of ether oxygens (including phenoxy) is 1. The first-order valence-corrected chi connectivity index (χ1v) is 3.19. The molecule has 0 bridgehead atoms. The number of rotatable bonds is 4. The number of hydrogen-bond acceptors (Lipinski definition) is 3. The van der Waals surface area contributed by atoms with Crippen molar-refractivity contribution in [3.05, 3.63) is 11.8 Å². The largest absolute Gasteiger partial charge is 0.463 e. The summed E-state index contributed by atoms with van der Waals surface area (Å²) in [5.41, 5.74) is 0.415. The molecule has 1 amide bonds. The van der Waals surface area contributed by atoms with Crippen molar-refractivity contribution in [1.29, 1.82) is 0 Å². The Morgan fingerprint density at radius 1 is 1.73 bits per heavy atom. The molecule has 0 aliphatic carbocycles. The quantitative estimate of drug-likeness (QED) is 0.357. The van der Waals surface area contributed by atoms with Crippen LogP contribution in [0.25, 0.3) is 0 Å². The SMILES string of the molecule is CCOC(=O)C=C(C)N[C]=O. The molecule has 1 radical (unpaired) electrons. The highest BCUT2D eigenvalue weighted by Gasteiger charge is 1.95. The van der Waals surface area contributed by atoms with E-state index in [-0.39, 0.29) is 0 Å². The third-order valence-corrected chi connectivity index (χ3v) is 0.869. The Labute approximate surface area is 65.2 Å². The van der Waals surface area contributed by atoms with E-state index in [1.807, 2.05) is 0 Å². The zero-order chi connectivity index (χ0) is 8.69. The van der Waals surface area contributed by atoms with Gasteiger partial charge in [-0.1, -0.05) is 0 Å². The predicted octanol–water partition coefficient (Wildman–Crippen LogP) is 0.110. The van der Waals surface area contributed by atoms with Gasteiger partial charge < -0.3 is 10.1 Å². The van der Waals surface area contributed by atoms with Gasteiger partial charge in [0.25, 0.3) is 0 Å². The van der Waals surface area contributed by atoms with Gasteiger partial charge in [-0.25, -0.2) is 4.79 Å². The molecule has 4 nitrogen and oxygen atoms in total. The smallest absolute Gasteiger partial charge is 0.332 e. The van der Waals surface area contributed by atoms with Crippen molar-refractivity contribution >= 4 is 12.4 Å². The van der Waals surface area contributed by atoms with Gasteiger partial charge in [-0.3, -0.25) is 4.79 Å². The number of esters is 1. The van der Waals surface area contributed by atoms with Crippen molar-refractivity contribution in [3.8, 4) is 0 Å². The van der Waals surface area contributed by atoms with Crippen LogP contribution in [-0.2, 0) is 14.3 Å². The van der Waals surface area contributed by atoms with Gasteiger partial charge in [0.2, 0.25) is 0 Å². The molecule has 0 atom stereocenters. The van der Waals surface area contributed by atoms with Gasteiger partial charge in [0.1, 0.15) is 0 Å². The van der Waals surface area contributed by atoms with E-state index >= 15 is 0 Å². The van der Waals surface area contributed by atoms with Crippen molar-refractivity contribution in [3.63, 3.8) is 0 Å². The van der Waals surface area contributed by atoms with Crippen molar-refractivity contribution in [1.82, 2.24) is 5.32 Å². The van der Waals surface area contributed by atoms with Crippen LogP contribution < -0.4 is 5.32 Å². The number of allylic oxidation sites excluding steroid dienone is 1. The maximum absolute atomic E-state index is 10.7. The maximum atomic E-state index is 10.7. The minimum Gasteiger partial charge on any atom is -0.463 e.